The molecule has 88 valence electrons. The molecule has 0 aliphatic heterocycles. The zero-order valence-corrected chi connectivity index (χ0v) is 9.90. The van der Waals surface area contributed by atoms with Crippen molar-refractivity contribution in [2.75, 3.05) is 7.11 Å². The van der Waals surface area contributed by atoms with Crippen LogP contribution in [0.1, 0.15) is 31.2 Å². The number of para-hydroxylation sites is 1. The maximum absolute atomic E-state index is 11.3. The summed E-state index contributed by atoms with van der Waals surface area (Å²) in [7, 11) is 1.61. The Morgan fingerprint density at radius 2 is 1.94 bits per heavy atom. The van der Waals surface area contributed by atoms with Crippen LogP contribution in [0.5, 0.6) is 5.75 Å². The normalized spacial score (nSPS) is 18.5. The van der Waals surface area contributed by atoms with Gasteiger partial charge >= 0.3 is 0 Å². The molecule has 0 aromatic heterocycles. The summed E-state index contributed by atoms with van der Waals surface area (Å²) in [4.78, 5) is 11.3. The first-order chi connectivity index (χ1) is 8.22. The number of carbonyl (C=O) groups is 1. The van der Waals surface area contributed by atoms with Crippen LogP contribution in [0.3, 0.4) is 0 Å². The highest BCUT2D eigenvalue weighted by atomic mass is 16.5. The van der Waals surface area contributed by atoms with E-state index in [1.54, 1.807) is 7.11 Å². The van der Waals surface area contributed by atoms with Gasteiger partial charge in [0.1, 0.15) is 11.5 Å². The molecule has 3 heteroatoms. The number of rotatable bonds is 2. The van der Waals surface area contributed by atoms with Gasteiger partial charge in [0.15, 0.2) is 0 Å². The molecule has 0 atom stereocenters. The molecule has 17 heavy (non-hydrogen) atoms. The molecule has 1 aliphatic carbocycles. The summed E-state index contributed by atoms with van der Waals surface area (Å²) in [6.07, 6.45) is 2.18. The van der Waals surface area contributed by atoms with E-state index in [9.17, 15) is 10.1 Å². The highest BCUT2D eigenvalue weighted by Gasteiger charge is 2.38. The number of ether oxygens (including phenoxy) is 1. The number of ketones is 1. The average Bonchev–Trinajstić information content (AvgIpc) is 2.40. The molecule has 0 radical (unpaired) electrons. The second-order valence-electron chi connectivity index (χ2n) is 4.43. The molecule has 1 fully saturated rings. The first-order valence-corrected chi connectivity index (χ1v) is 5.78. The zero-order chi connectivity index (χ0) is 12.3. The fraction of sp³-hybridized carbons (Fsp3) is 0.429. The lowest BCUT2D eigenvalue weighted by Crippen LogP contribution is -2.30. The molecule has 3 nitrogen and oxygen atoms in total. The maximum atomic E-state index is 11.3. The van der Waals surface area contributed by atoms with Gasteiger partial charge in [-0.1, -0.05) is 18.2 Å². The molecule has 0 unspecified atom stereocenters. The largest absolute Gasteiger partial charge is 0.496 e. The Morgan fingerprint density at radius 3 is 2.53 bits per heavy atom. The van der Waals surface area contributed by atoms with Crippen molar-refractivity contribution in [1.82, 2.24) is 0 Å². The van der Waals surface area contributed by atoms with Crippen LogP contribution in [0.15, 0.2) is 24.3 Å². The lowest BCUT2D eigenvalue weighted by atomic mass is 9.70. The molecule has 1 aliphatic rings. The molecule has 0 N–H and O–H groups in total. The summed E-state index contributed by atoms with van der Waals surface area (Å²) in [5.74, 6) is 0.995. The van der Waals surface area contributed by atoms with Gasteiger partial charge in [-0.3, -0.25) is 4.79 Å². The minimum absolute atomic E-state index is 0.255. The molecule has 1 saturated carbocycles. The number of nitrogens with zero attached hydrogens (tertiary/aromatic N) is 1. The average molecular weight is 229 g/mol. The summed E-state index contributed by atoms with van der Waals surface area (Å²) < 4.78 is 5.32. The van der Waals surface area contributed by atoms with Crippen molar-refractivity contribution in [1.29, 1.82) is 5.26 Å². The number of nitriles is 1. The van der Waals surface area contributed by atoms with Crippen LogP contribution in [-0.4, -0.2) is 12.9 Å². The highest BCUT2D eigenvalue weighted by Crippen LogP contribution is 2.41. The third-order valence-electron chi connectivity index (χ3n) is 3.50. The smallest absolute Gasteiger partial charge is 0.133 e. The van der Waals surface area contributed by atoms with E-state index in [0.717, 1.165) is 11.3 Å². The molecule has 0 bridgehead atoms. The molecule has 0 saturated heterocycles. The van der Waals surface area contributed by atoms with Crippen molar-refractivity contribution in [3.8, 4) is 11.8 Å². The van der Waals surface area contributed by atoms with Crippen molar-refractivity contribution in [3.05, 3.63) is 29.8 Å². The number of carbonyl (C=O) groups excluding carboxylic acids is 1. The standard InChI is InChI=1S/C14H15NO2/c1-17-13-5-3-2-4-12(13)14(10-15)8-6-11(16)7-9-14/h2-5H,6-9H2,1H3. The summed E-state index contributed by atoms with van der Waals surface area (Å²) in [5.41, 5.74) is 0.359. The van der Waals surface area contributed by atoms with Crippen molar-refractivity contribution in [2.45, 2.75) is 31.1 Å². The minimum atomic E-state index is -0.555. The van der Waals surface area contributed by atoms with Gasteiger partial charge in [0.05, 0.1) is 18.6 Å². The van der Waals surface area contributed by atoms with Gasteiger partial charge in [0.2, 0.25) is 0 Å². The van der Waals surface area contributed by atoms with Crippen molar-refractivity contribution in [3.63, 3.8) is 0 Å². The Bertz CT molecular complexity index is 463. The summed E-state index contributed by atoms with van der Waals surface area (Å²) >= 11 is 0. The predicted octanol–water partition coefficient (Wildman–Crippen LogP) is 2.60. The summed E-state index contributed by atoms with van der Waals surface area (Å²) in [5, 5.41) is 9.48. The van der Waals surface area contributed by atoms with Gasteiger partial charge in [-0.2, -0.15) is 5.26 Å². The molecular formula is C14H15NO2. The Hall–Kier alpha value is -1.82. The van der Waals surface area contributed by atoms with E-state index in [-0.39, 0.29) is 5.78 Å². The molecule has 2 rings (SSSR count). The summed E-state index contributed by atoms with van der Waals surface area (Å²) in [6.45, 7) is 0. The SMILES string of the molecule is COc1ccccc1C1(C#N)CCC(=O)CC1. The van der Waals surface area contributed by atoms with Crippen molar-refractivity contribution >= 4 is 5.78 Å². The van der Waals surface area contributed by atoms with E-state index in [1.807, 2.05) is 24.3 Å². The fourth-order valence-corrected chi connectivity index (χ4v) is 2.44. The second kappa shape index (κ2) is 4.58. The van der Waals surface area contributed by atoms with E-state index >= 15 is 0 Å². The topological polar surface area (TPSA) is 50.1 Å². The molecule has 1 aromatic carbocycles. The third kappa shape index (κ3) is 2.03. The molecule has 0 heterocycles. The maximum Gasteiger partial charge on any atom is 0.133 e. The van der Waals surface area contributed by atoms with Gasteiger partial charge in [-0.05, 0) is 18.9 Å². The van der Waals surface area contributed by atoms with Gasteiger partial charge in [-0.25, -0.2) is 0 Å². The van der Waals surface area contributed by atoms with Crippen LogP contribution in [0.4, 0.5) is 0 Å². The quantitative estimate of drug-likeness (QED) is 0.783. The lowest BCUT2D eigenvalue weighted by Gasteiger charge is -2.31. The Morgan fingerprint density at radius 1 is 1.29 bits per heavy atom. The van der Waals surface area contributed by atoms with E-state index in [0.29, 0.717) is 25.7 Å². The minimum Gasteiger partial charge on any atom is -0.496 e. The lowest BCUT2D eigenvalue weighted by molar-refractivity contribution is -0.120. The number of hydrogen-bond donors (Lipinski definition) is 0. The van der Waals surface area contributed by atoms with Crippen LogP contribution in [-0.2, 0) is 10.2 Å². The van der Waals surface area contributed by atoms with Crippen LogP contribution >= 0.6 is 0 Å². The Labute approximate surface area is 101 Å². The number of benzene rings is 1. The first-order valence-electron chi connectivity index (χ1n) is 5.78. The van der Waals surface area contributed by atoms with E-state index in [4.69, 9.17) is 4.74 Å². The zero-order valence-electron chi connectivity index (χ0n) is 9.90. The molecule has 0 spiro atoms. The Kier molecular flexibility index (Phi) is 3.14. The van der Waals surface area contributed by atoms with Gasteiger partial charge in [-0.15, -0.1) is 0 Å². The van der Waals surface area contributed by atoms with Crippen LogP contribution in [0, 0.1) is 11.3 Å². The van der Waals surface area contributed by atoms with Crippen molar-refractivity contribution < 1.29 is 9.53 Å². The van der Waals surface area contributed by atoms with Crippen molar-refractivity contribution in [2.24, 2.45) is 0 Å². The first kappa shape index (κ1) is 11.7. The van der Waals surface area contributed by atoms with Crippen LogP contribution in [0.2, 0.25) is 0 Å². The third-order valence-corrected chi connectivity index (χ3v) is 3.50. The highest BCUT2D eigenvalue weighted by molar-refractivity contribution is 5.80. The van der Waals surface area contributed by atoms with Crippen LogP contribution < -0.4 is 4.74 Å². The second-order valence-corrected chi connectivity index (χ2v) is 4.43. The number of methoxy groups -OCH3 is 1. The van der Waals surface area contributed by atoms with E-state index in [1.165, 1.54) is 0 Å². The Balaban J connectivity index is 2.42. The molecule has 0 amide bonds. The van der Waals surface area contributed by atoms with E-state index in [2.05, 4.69) is 6.07 Å². The van der Waals surface area contributed by atoms with Crippen LogP contribution in [0.25, 0.3) is 0 Å². The van der Waals surface area contributed by atoms with Gasteiger partial charge in [0, 0.05) is 18.4 Å². The number of Topliss-reactive ketones (excluding diaryl/α,β-unsaturated/α-hetero) is 1. The molecule has 1 aromatic rings. The van der Waals surface area contributed by atoms with Gasteiger partial charge < -0.3 is 4.74 Å². The summed E-state index contributed by atoms with van der Waals surface area (Å²) in [6, 6.07) is 9.99. The fourth-order valence-electron chi connectivity index (χ4n) is 2.44. The number of hydrogen-bond acceptors (Lipinski definition) is 3. The van der Waals surface area contributed by atoms with Gasteiger partial charge in [0.25, 0.3) is 0 Å². The van der Waals surface area contributed by atoms with E-state index < -0.39 is 5.41 Å². The monoisotopic (exact) mass is 229 g/mol. The predicted molar refractivity (Wildman–Crippen MR) is 63.8 cm³/mol. The molecular weight excluding hydrogens is 214 g/mol.